The zero-order valence-corrected chi connectivity index (χ0v) is 6.12. The predicted octanol–water partition coefficient (Wildman–Crippen LogP) is 1.24. The van der Waals surface area contributed by atoms with Gasteiger partial charge in [0.2, 0.25) is 0 Å². The molecule has 1 aromatic rings. The highest BCUT2D eigenvalue weighted by molar-refractivity contribution is 5.58. The van der Waals surface area contributed by atoms with E-state index in [1.807, 2.05) is 18.2 Å². The standard InChI is InChI=1S/C9H9N2/c1-2-4-8(5-3-1)9-6-10-7-11-9/h1-5,9H,6H2,(H,10,11)/t9-/m0/s1. The molecule has 1 heterocycles. The molecule has 1 aromatic carbocycles. The molecule has 0 amide bonds. The molecule has 0 spiro atoms. The fraction of sp³-hybridized carbons (Fsp3) is 0.222. The van der Waals surface area contributed by atoms with Gasteiger partial charge in [-0.1, -0.05) is 30.3 Å². The van der Waals surface area contributed by atoms with Crippen LogP contribution in [0.1, 0.15) is 11.6 Å². The summed E-state index contributed by atoms with van der Waals surface area (Å²) in [6.45, 7) is 0.810. The molecular weight excluding hydrogens is 136 g/mol. The first-order chi connectivity index (χ1) is 5.47. The van der Waals surface area contributed by atoms with Crippen LogP contribution in [0.4, 0.5) is 0 Å². The molecule has 0 saturated heterocycles. The maximum Gasteiger partial charge on any atom is 0.164 e. The maximum absolute atomic E-state index is 3.98. The first-order valence-electron chi connectivity index (χ1n) is 3.69. The first-order valence-corrected chi connectivity index (χ1v) is 3.69. The van der Waals surface area contributed by atoms with E-state index in [0.717, 1.165) is 6.54 Å². The zero-order chi connectivity index (χ0) is 7.52. The third kappa shape index (κ3) is 1.24. The van der Waals surface area contributed by atoms with Crippen molar-refractivity contribution in [2.24, 2.45) is 4.99 Å². The fourth-order valence-electron chi connectivity index (χ4n) is 1.18. The molecular formula is C9H9N2. The molecule has 1 aliphatic heterocycles. The van der Waals surface area contributed by atoms with Crippen LogP contribution in [0.2, 0.25) is 0 Å². The van der Waals surface area contributed by atoms with Crippen LogP contribution < -0.4 is 5.32 Å². The van der Waals surface area contributed by atoms with E-state index >= 15 is 0 Å². The van der Waals surface area contributed by atoms with Crippen molar-refractivity contribution in [2.75, 3.05) is 6.54 Å². The van der Waals surface area contributed by atoms with Gasteiger partial charge >= 0.3 is 0 Å². The van der Waals surface area contributed by atoms with Gasteiger partial charge in [-0.25, -0.2) is 0 Å². The second-order valence-electron chi connectivity index (χ2n) is 2.56. The molecule has 0 bridgehead atoms. The normalized spacial score (nSPS) is 21.6. The van der Waals surface area contributed by atoms with Crippen LogP contribution in [0.5, 0.6) is 0 Å². The second kappa shape index (κ2) is 2.74. The van der Waals surface area contributed by atoms with Crippen LogP contribution in [-0.4, -0.2) is 12.9 Å². The van der Waals surface area contributed by atoms with Crippen LogP contribution in [0.3, 0.4) is 0 Å². The van der Waals surface area contributed by atoms with E-state index in [2.05, 4.69) is 28.8 Å². The highest BCUT2D eigenvalue weighted by Crippen LogP contribution is 2.13. The van der Waals surface area contributed by atoms with E-state index in [0.29, 0.717) is 6.04 Å². The van der Waals surface area contributed by atoms with Gasteiger partial charge in [-0.15, -0.1) is 0 Å². The van der Waals surface area contributed by atoms with Gasteiger partial charge in [0.25, 0.3) is 0 Å². The Morgan fingerprint density at radius 2 is 2.18 bits per heavy atom. The van der Waals surface area contributed by atoms with Gasteiger partial charge in [-0.2, -0.15) is 0 Å². The van der Waals surface area contributed by atoms with E-state index < -0.39 is 0 Å². The van der Waals surface area contributed by atoms with E-state index in [4.69, 9.17) is 0 Å². The predicted molar refractivity (Wildman–Crippen MR) is 44.6 cm³/mol. The van der Waals surface area contributed by atoms with Crippen molar-refractivity contribution in [1.29, 1.82) is 0 Å². The van der Waals surface area contributed by atoms with Crippen molar-refractivity contribution in [3.05, 3.63) is 35.9 Å². The molecule has 2 heteroatoms. The molecule has 0 saturated carbocycles. The highest BCUT2D eigenvalue weighted by atomic mass is 15.1. The SMILES string of the molecule is [C]1=NC[C@@H](c2ccccc2)N1. The summed E-state index contributed by atoms with van der Waals surface area (Å²) in [5, 5.41) is 3.06. The van der Waals surface area contributed by atoms with Crippen molar-refractivity contribution >= 4 is 6.34 Å². The summed E-state index contributed by atoms with van der Waals surface area (Å²) in [7, 11) is 0. The Balaban J connectivity index is 2.17. The Morgan fingerprint density at radius 3 is 2.82 bits per heavy atom. The summed E-state index contributed by atoms with van der Waals surface area (Å²) in [4.78, 5) is 3.98. The van der Waals surface area contributed by atoms with E-state index in [9.17, 15) is 0 Å². The lowest BCUT2D eigenvalue weighted by Crippen LogP contribution is -2.14. The van der Waals surface area contributed by atoms with Gasteiger partial charge in [-0.05, 0) is 5.56 Å². The highest BCUT2D eigenvalue weighted by Gasteiger charge is 2.11. The van der Waals surface area contributed by atoms with Gasteiger partial charge < -0.3 is 5.32 Å². The smallest absolute Gasteiger partial charge is 0.164 e. The third-order valence-electron chi connectivity index (χ3n) is 1.79. The van der Waals surface area contributed by atoms with Crippen molar-refractivity contribution < 1.29 is 0 Å². The second-order valence-corrected chi connectivity index (χ2v) is 2.56. The summed E-state index contributed by atoms with van der Waals surface area (Å²) in [5.74, 6) is 0. The quantitative estimate of drug-likeness (QED) is 0.631. The van der Waals surface area contributed by atoms with E-state index in [-0.39, 0.29) is 0 Å². The molecule has 1 N–H and O–H groups in total. The largest absolute Gasteiger partial charge is 0.359 e. The Hall–Kier alpha value is -1.31. The number of hydrogen-bond acceptors (Lipinski definition) is 2. The van der Waals surface area contributed by atoms with Crippen molar-refractivity contribution in [2.45, 2.75) is 6.04 Å². The van der Waals surface area contributed by atoms with Gasteiger partial charge in [0.15, 0.2) is 6.34 Å². The lowest BCUT2D eigenvalue weighted by molar-refractivity contribution is 0.713. The molecule has 55 valence electrons. The lowest BCUT2D eigenvalue weighted by atomic mass is 10.1. The summed E-state index contributed by atoms with van der Waals surface area (Å²) in [5.41, 5.74) is 1.28. The zero-order valence-electron chi connectivity index (χ0n) is 6.12. The molecule has 2 rings (SSSR count). The Kier molecular flexibility index (Phi) is 1.60. The van der Waals surface area contributed by atoms with Gasteiger partial charge in [0.05, 0.1) is 12.6 Å². The van der Waals surface area contributed by atoms with E-state index in [1.54, 1.807) is 0 Å². The van der Waals surface area contributed by atoms with Crippen LogP contribution in [-0.2, 0) is 0 Å². The average Bonchev–Trinajstić information content (AvgIpc) is 2.58. The summed E-state index contributed by atoms with van der Waals surface area (Å²) in [6.07, 6.45) is 2.75. The minimum absolute atomic E-state index is 0.344. The summed E-state index contributed by atoms with van der Waals surface area (Å²) < 4.78 is 0. The summed E-state index contributed by atoms with van der Waals surface area (Å²) in [6, 6.07) is 10.6. The monoisotopic (exact) mass is 145 g/mol. The van der Waals surface area contributed by atoms with Crippen LogP contribution in [0.25, 0.3) is 0 Å². The third-order valence-corrected chi connectivity index (χ3v) is 1.79. The first kappa shape index (κ1) is 6.40. The molecule has 1 radical (unpaired) electrons. The number of aliphatic imine (C=N–C) groups is 1. The number of nitrogens with zero attached hydrogens (tertiary/aromatic N) is 1. The Labute approximate surface area is 66.0 Å². The number of nitrogens with one attached hydrogen (secondary N) is 1. The maximum atomic E-state index is 3.98. The molecule has 1 aliphatic rings. The molecule has 2 nitrogen and oxygen atoms in total. The minimum atomic E-state index is 0.344. The molecule has 0 aliphatic carbocycles. The van der Waals surface area contributed by atoms with Gasteiger partial charge in [0.1, 0.15) is 0 Å². The van der Waals surface area contributed by atoms with Crippen molar-refractivity contribution in [1.82, 2.24) is 5.32 Å². The van der Waals surface area contributed by atoms with Crippen molar-refractivity contribution in [3.63, 3.8) is 0 Å². The van der Waals surface area contributed by atoms with Crippen LogP contribution >= 0.6 is 0 Å². The lowest BCUT2D eigenvalue weighted by Gasteiger charge is -2.07. The average molecular weight is 145 g/mol. The van der Waals surface area contributed by atoms with Crippen LogP contribution in [0.15, 0.2) is 35.3 Å². The van der Waals surface area contributed by atoms with Crippen molar-refractivity contribution in [3.8, 4) is 0 Å². The molecule has 11 heavy (non-hydrogen) atoms. The van der Waals surface area contributed by atoms with Gasteiger partial charge in [0, 0.05) is 0 Å². The molecule has 1 atom stereocenters. The number of rotatable bonds is 1. The number of hydrogen-bond donors (Lipinski definition) is 1. The number of benzene rings is 1. The Bertz CT molecular complexity index is 246. The summed E-state index contributed by atoms with van der Waals surface area (Å²) >= 11 is 0. The van der Waals surface area contributed by atoms with Crippen LogP contribution in [0, 0.1) is 0 Å². The molecule has 0 aromatic heterocycles. The van der Waals surface area contributed by atoms with E-state index in [1.165, 1.54) is 5.56 Å². The molecule has 0 unspecified atom stereocenters. The Morgan fingerprint density at radius 1 is 1.36 bits per heavy atom. The topological polar surface area (TPSA) is 24.4 Å². The van der Waals surface area contributed by atoms with Gasteiger partial charge in [-0.3, -0.25) is 4.99 Å². The minimum Gasteiger partial charge on any atom is -0.359 e. The molecule has 0 fully saturated rings. The fourth-order valence-corrected chi connectivity index (χ4v) is 1.18.